The van der Waals surface area contributed by atoms with Gasteiger partial charge in [-0.25, -0.2) is 0 Å². The number of morpholine rings is 1. The molecule has 0 aromatic carbocycles. The van der Waals surface area contributed by atoms with Crippen molar-refractivity contribution < 1.29 is 19.4 Å². The van der Waals surface area contributed by atoms with Gasteiger partial charge in [0.2, 0.25) is 5.91 Å². The second-order valence-electron chi connectivity index (χ2n) is 5.31. The van der Waals surface area contributed by atoms with Crippen LogP contribution in [-0.2, 0) is 14.3 Å². The van der Waals surface area contributed by atoms with E-state index in [1.807, 2.05) is 0 Å². The van der Waals surface area contributed by atoms with E-state index in [0.29, 0.717) is 12.5 Å². The van der Waals surface area contributed by atoms with Gasteiger partial charge in [0.1, 0.15) is 6.42 Å². The Morgan fingerprint density at radius 3 is 2.47 bits per heavy atom. The molecular weight excluding hydrogens is 248 g/mol. The van der Waals surface area contributed by atoms with E-state index in [4.69, 9.17) is 9.84 Å². The highest BCUT2D eigenvalue weighted by Crippen LogP contribution is 2.12. The Kier molecular flexibility index (Phi) is 6.80. The molecule has 0 saturated carbocycles. The maximum absolute atomic E-state index is 11.4. The lowest BCUT2D eigenvalue weighted by Gasteiger charge is -2.35. The Bertz CT molecular complexity index is 301. The quantitative estimate of drug-likeness (QED) is 0.653. The van der Waals surface area contributed by atoms with E-state index in [-0.39, 0.29) is 6.04 Å². The average Bonchev–Trinajstić information content (AvgIpc) is 2.34. The summed E-state index contributed by atoms with van der Waals surface area (Å²) >= 11 is 0. The summed E-state index contributed by atoms with van der Waals surface area (Å²) in [4.78, 5) is 24.1. The van der Waals surface area contributed by atoms with Gasteiger partial charge in [0.25, 0.3) is 0 Å². The first kappa shape index (κ1) is 15.9. The van der Waals surface area contributed by atoms with Gasteiger partial charge in [-0.3, -0.25) is 14.5 Å². The Labute approximate surface area is 114 Å². The number of hydrogen-bond donors (Lipinski definition) is 2. The minimum atomic E-state index is -1.09. The molecule has 1 unspecified atom stereocenters. The van der Waals surface area contributed by atoms with Crippen LogP contribution in [0.2, 0.25) is 0 Å². The molecule has 6 nitrogen and oxygen atoms in total. The van der Waals surface area contributed by atoms with E-state index in [9.17, 15) is 9.59 Å². The van der Waals surface area contributed by atoms with Gasteiger partial charge in [-0.15, -0.1) is 0 Å². The highest BCUT2D eigenvalue weighted by Gasteiger charge is 2.22. The number of amides is 1. The molecule has 1 fully saturated rings. The summed E-state index contributed by atoms with van der Waals surface area (Å²) in [6.45, 7) is 7.97. The number of carbonyl (C=O) groups is 2. The van der Waals surface area contributed by atoms with Crippen molar-refractivity contribution in [3.63, 3.8) is 0 Å². The highest BCUT2D eigenvalue weighted by molar-refractivity contribution is 5.93. The predicted octanol–water partition coefficient (Wildman–Crippen LogP) is 0.324. The molecule has 2 N–H and O–H groups in total. The van der Waals surface area contributed by atoms with Crippen LogP contribution >= 0.6 is 0 Å². The molecule has 0 radical (unpaired) electrons. The number of ether oxygens (including phenoxy) is 1. The smallest absolute Gasteiger partial charge is 0.312 e. The van der Waals surface area contributed by atoms with E-state index in [1.165, 1.54) is 0 Å². The highest BCUT2D eigenvalue weighted by atomic mass is 16.5. The number of rotatable bonds is 7. The summed E-state index contributed by atoms with van der Waals surface area (Å²) in [5.41, 5.74) is 0. The molecule has 1 heterocycles. The van der Waals surface area contributed by atoms with Crippen molar-refractivity contribution in [2.24, 2.45) is 5.92 Å². The van der Waals surface area contributed by atoms with E-state index in [2.05, 4.69) is 24.1 Å². The minimum Gasteiger partial charge on any atom is -0.481 e. The standard InChI is InChI=1S/C13H24N2O4/c1-10(2)7-11(15-3-5-19-6-4-15)9-14-12(16)8-13(17)18/h10-11H,3-9H2,1-2H3,(H,14,16)(H,17,18). The fourth-order valence-electron chi connectivity index (χ4n) is 2.28. The topological polar surface area (TPSA) is 78.9 Å². The van der Waals surface area contributed by atoms with Crippen LogP contribution in [0, 0.1) is 5.92 Å². The molecule has 1 atom stereocenters. The summed E-state index contributed by atoms with van der Waals surface area (Å²) in [5.74, 6) is -0.983. The molecule has 1 aliphatic heterocycles. The number of nitrogens with zero attached hydrogens (tertiary/aromatic N) is 1. The van der Waals surface area contributed by atoms with Gasteiger partial charge in [0.15, 0.2) is 0 Å². The van der Waals surface area contributed by atoms with Gasteiger partial charge >= 0.3 is 5.97 Å². The van der Waals surface area contributed by atoms with Gasteiger partial charge in [-0.2, -0.15) is 0 Å². The lowest BCUT2D eigenvalue weighted by molar-refractivity contribution is -0.140. The van der Waals surface area contributed by atoms with Crippen LogP contribution in [0.15, 0.2) is 0 Å². The second kappa shape index (κ2) is 8.12. The SMILES string of the molecule is CC(C)CC(CNC(=O)CC(=O)O)N1CCOCC1. The number of carbonyl (C=O) groups excluding carboxylic acids is 1. The first-order chi connectivity index (χ1) is 8.99. The largest absolute Gasteiger partial charge is 0.481 e. The third-order valence-electron chi connectivity index (χ3n) is 3.15. The van der Waals surface area contributed by atoms with Crippen molar-refractivity contribution >= 4 is 11.9 Å². The molecule has 0 aliphatic carbocycles. The molecule has 1 saturated heterocycles. The van der Waals surface area contributed by atoms with Crippen molar-refractivity contribution in [1.82, 2.24) is 10.2 Å². The summed E-state index contributed by atoms with van der Waals surface area (Å²) in [6, 6.07) is 0.252. The zero-order valence-electron chi connectivity index (χ0n) is 11.7. The molecule has 0 bridgehead atoms. The Morgan fingerprint density at radius 1 is 1.32 bits per heavy atom. The summed E-state index contributed by atoms with van der Waals surface area (Å²) in [7, 11) is 0. The number of nitrogens with one attached hydrogen (secondary N) is 1. The zero-order valence-corrected chi connectivity index (χ0v) is 11.7. The molecule has 1 aliphatic rings. The lowest BCUT2D eigenvalue weighted by Crippen LogP contribution is -2.49. The van der Waals surface area contributed by atoms with Crippen LogP contribution in [0.1, 0.15) is 26.7 Å². The van der Waals surface area contributed by atoms with E-state index in [1.54, 1.807) is 0 Å². The predicted molar refractivity (Wildman–Crippen MR) is 70.9 cm³/mol. The lowest BCUT2D eigenvalue weighted by atomic mass is 10.0. The van der Waals surface area contributed by atoms with Crippen LogP contribution < -0.4 is 5.32 Å². The number of carboxylic acids is 1. The summed E-state index contributed by atoms with van der Waals surface area (Å²) < 4.78 is 5.33. The van der Waals surface area contributed by atoms with Crippen molar-refractivity contribution in [3.05, 3.63) is 0 Å². The third kappa shape index (κ3) is 6.54. The fourth-order valence-corrected chi connectivity index (χ4v) is 2.28. The van der Waals surface area contributed by atoms with Crippen molar-refractivity contribution in [1.29, 1.82) is 0 Å². The molecule has 0 aromatic rings. The number of carboxylic acid groups (broad SMARTS) is 1. The first-order valence-electron chi connectivity index (χ1n) is 6.79. The van der Waals surface area contributed by atoms with Crippen LogP contribution in [0.5, 0.6) is 0 Å². The van der Waals surface area contributed by atoms with Crippen LogP contribution in [0.4, 0.5) is 0 Å². The maximum Gasteiger partial charge on any atom is 0.312 e. The average molecular weight is 272 g/mol. The van der Waals surface area contributed by atoms with Crippen LogP contribution in [-0.4, -0.2) is 60.8 Å². The zero-order chi connectivity index (χ0) is 14.3. The molecule has 0 aromatic heterocycles. The van der Waals surface area contributed by atoms with E-state index >= 15 is 0 Å². The Hall–Kier alpha value is -1.14. The third-order valence-corrected chi connectivity index (χ3v) is 3.15. The first-order valence-corrected chi connectivity index (χ1v) is 6.79. The summed E-state index contributed by atoms with van der Waals surface area (Å²) in [6.07, 6.45) is 0.519. The molecule has 1 rings (SSSR count). The minimum absolute atomic E-state index is 0.252. The molecular formula is C13H24N2O4. The fraction of sp³-hybridized carbons (Fsp3) is 0.846. The molecule has 0 spiro atoms. The van der Waals surface area contributed by atoms with E-state index < -0.39 is 18.3 Å². The van der Waals surface area contributed by atoms with Gasteiger partial charge in [-0.1, -0.05) is 13.8 Å². The molecule has 19 heavy (non-hydrogen) atoms. The van der Waals surface area contributed by atoms with Gasteiger partial charge in [0.05, 0.1) is 13.2 Å². The second-order valence-corrected chi connectivity index (χ2v) is 5.31. The van der Waals surface area contributed by atoms with Crippen molar-refractivity contribution in [2.75, 3.05) is 32.8 Å². The molecule has 1 amide bonds. The van der Waals surface area contributed by atoms with Gasteiger partial charge < -0.3 is 15.2 Å². The van der Waals surface area contributed by atoms with Crippen molar-refractivity contribution in [3.8, 4) is 0 Å². The Morgan fingerprint density at radius 2 is 1.95 bits per heavy atom. The normalized spacial score (nSPS) is 18.3. The monoisotopic (exact) mass is 272 g/mol. The van der Waals surface area contributed by atoms with Crippen LogP contribution in [0.25, 0.3) is 0 Å². The number of hydrogen-bond acceptors (Lipinski definition) is 4. The summed E-state index contributed by atoms with van der Waals surface area (Å²) in [5, 5.41) is 11.3. The molecule has 110 valence electrons. The van der Waals surface area contributed by atoms with Gasteiger partial charge in [-0.05, 0) is 12.3 Å². The van der Waals surface area contributed by atoms with E-state index in [0.717, 1.165) is 32.7 Å². The Balaban J connectivity index is 2.44. The molecule has 6 heteroatoms. The number of aliphatic carboxylic acids is 1. The van der Waals surface area contributed by atoms with Crippen molar-refractivity contribution in [2.45, 2.75) is 32.7 Å². The van der Waals surface area contributed by atoms with Gasteiger partial charge in [0, 0.05) is 25.7 Å². The van der Waals surface area contributed by atoms with Crippen LogP contribution in [0.3, 0.4) is 0 Å². The maximum atomic E-state index is 11.4.